The van der Waals surface area contributed by atoms with Gasteiger partial charge in [0.2, 0.25) is 0 Å². The summed E-state index contributed by atoms with van der Waals surface area (Å²) in [6.07, 6.45) is 1.30. The number of aromatic amines is 1. The Balaban J connectivity index is 1.78. The molecule has 0 aliphatic rings. The quantitative estimate of drug-likeness (QED) is 0.620. The average molecular weight is 388 g/mol. The van der Waals surface area contributed by atoms with E-state index in [1.54, 1.807) is 23.9 Å². The van der Waals surface area contributed by atoms with Crippen molar-refractivity contribution in [2.24, 2.45) is 0 Å². The third kappa shape index (κ3) is 4.04. The highest BCUT2D eigenvalue weighted by atomic mass is 35.5. The normalized spacial score (nSPS) is 11.9. The van der Waals surface area contributed by atoms with Crippen LogP contribution in [0.2, 0.25) is 5.02 Å². The van der Waals surface area contributed by atoms with Crippen molar-refractivity contribution in [3.63, 3.8) is 0 Å². The van der Waals surface area contributed by atoms with Gasteiger partial charge < -0.3 is 15.0 Å². The van der Waals surface area contributed by atoms with Crippen LogP contribution in [0.3, 0.4) is 0 Å². The zero-order valence-electron chi connectivity index (χ0n) is 14.1. The van der Waals surface area contributed by atoms with Crippen molar-refractivity contribution in [3.05, 3.63) is 81.8 Å². The Morgan fingerprint density at radius 2 is 2.04 bits per heavy atom. The maximum atomic E-state index is 12.7. The monoisotopic (exact) mass is 387 g/mol. The summed E-state index contributed by atoms with van der Waals surface area (Å²) in [4.78, 5) is 15.6. The third-order valence-electron chi connectivity index (χ3n) is 3.98. The summed E-state index contributed by atoms with van der Waals surface area (Å²) in [6.45, 7) is 0.308. The molecular weight excluding hydrogens is 370 g/mol. The van der Waals surface area contributed by atoms with Crippen LogP contribution < -0.4 is 5.32 Å². The van der Waals surface area contributed by atoms with Gasteiger partial charge in [-0.05, 0) is 42.0 Å². The van der Waals surface area contributed by atoms with E-state index in [1.807, 2.05) is 48.5 Å². The zero-order chi connectivity index (χ0) is 18.5. The Bertz CT molecular complexity index is 953. The lowest BCUT2D eigenvalue weighted by atomic mass is 10.1. The van der Waals surface area contributed by atoms with Crippen LogP contribution in [-0.4, -0.2) is 29.1 Å². The summed E-state index contributed by atoms with van der Waals surface area (Å²) in [5.41, 5.74) is 2.15. The summed E-state index contributed by atoms with van der Waals surface area (Å²) < 4.78 is 7.65. The van der Waals surface area contributed by atoms with Gasteiger partial charge in [0.15, 0.2) is 4.77 Å². The van der Waals surface area contributed by atoms with Gasteiger partial charge in [-0.1, -0.05) is 41.9 Å². The van der Waals surface area contributed by atoms with E-state index in [2.05, 4.69) is 10.3 Å². The van der Waals surface area contributed by atoms with Crippen molar-refractivity contribution in [2.75, 3.05) is 13.7 Å². The molecule has 2 N–H and O–H groups in total. The first-order valence-electron chi connectivity index (χ1n) is 8.02. The molecule has 1 atom stereocenters. The fourth-order valence-corrected chi connectivity index (χ4v) is 3.15. The number of benzene rings is 2. The highest BCUT2D eigenvalue weighted by Gasteiger charge is 2.17. The molecule has 1 heterocycles. The van der Waals surface area contributed by atoms with Gasteiger partial charge in [0.1, 0.15) is 5.69 Å². The number of nitrogens with zero attached hydrogens (tertiary/aromatic N) is 1. The fraction of sp³-hybridized carbons (Fsp3) is 0.158. The maximum Gasteiger partial charge on any atom is 0.269 e. The van der Waals surface area contributed by atoms with Crippen LogP contribution >= 0.6 is 23.8 Å². The molecule has 0 bridgehead atoms. The predicted octanol–water partition coefficient (Wildman–Crippen LogP) is 4.31. The highest BCUT2D eigenvalue weighted by Crippen LogP contribution is 2.20. The smallest absolute Gasteiger partial charge is 0.269 e. The van der Waals surface area contributed by atoms with Gasteiger partial charge >= 0.3 is 0 Å². The van der Waals surface area contributed by atoms with E-state index in [0.717, 1.165) is 11.3 Å². The fourth-order valence-electron chi connectivity index (χ4n) is 2.69. The number of hydrogen-bond acceptors (Lipinski definition) is 3. The Labute approximate surface area is 161 Å². The summed E-state index contributed by atoms with van der Waals surface area (Å²) in [6, 6.07) is 16.9. The summed E-state index contributed by atoms with van der Waals surface area (Å²) in [5.74, 6) is -0.245. The first kappa shape index (κ1) is 18.4. The number of halogens is 1. The third-order valence-corrected chi connectivity index (χ3v) is 4.51. The first-order valence-corrected chi connectivity index (χ1v) is 8.81. The number of nitrogens with one attached hydrogen (secondary N) is 2. The predicted molar refractivity (Wildman–Crippen MR) is 104 cm³/mol. The van der Waals surface area contributed by atoms with Crippen LogP contribution in [0.4, 0.5) is 0 Å². The Hall–Kier alpha value is -2.41. The largest absolute Gasteiger partial charge is 0.375 e. The highest BCUT2D eigenvalue weighted by molar-refractivity contribution is 7.71. The molecular formula is C19H18ClN3O2S. The number of carbonyl (C=O) groups is 1. The minimum Gasteiger partial charge on any atom is -0.375 e. The average Bonchev–Trinajstić information content (AvgIpc) is 3.04. The van der Waals surface area contributed by atoms with E-state index in [0.29, 0.717) is 22.0 Å². The van der Waals surface area contributed by atoms with Crippen molar-refractivity contribution >= 4 is 29.7 Å². The molecule has 0 aliphatic carbocycles. The molecule has 2 aromatic carbocycles. The van der Waals surface area contributed by atoms with Crippen molar-refractivity contribution in [2.45, 2.75) is 6.10 Å². The summed E-state index contributed by atoms with van der Waals surface area (Å²) in [5, 5.41) is 3.52. The molecule has 134 valence electrons. The van der Waals surface area contributed by atoms with Crippen LogP contribution in [0.25, 0.3) is 5.69 Å². The number of imidazole rings is 1. The van der Waals surface area contributed by atoms with Gasteiger partial charge in [-0.25, -0.2) is 0 Å². The molecule has 3 rings (SSSR count). The molecule has 26 heavy (non-hydrogen) atoms. The lowest BCUT2D eigenvalue weighted by molar-refractivity contribution is 0.0823. The second kappa shape index (κ2) is 8.31. The summed E-state index contributed by atoms with van der Waals surface area (Å²) in [7, 11) is 1.60. The lowest BCUT2D eigenvalue weighted by Gasteiger charge is -2.17. The number of H-pyrrole nitrogens is 1. The molecule has 0 radical (unpaired) electrons. The van der Waals surface area contributed by atoms with Crippen LogP contribution in [0, 0.1) is 4.77 Å². The minimum atomic E-state index is -0.301. The van der Waals surface area contributed by atoms with E-state index in [4.69, 9.17) is 28.6 Å². The molecule has 0 saturated carbocycles. The van der Waals surface area contributed by atoms with E-state index >= 15 is 0 Å². The van der Waals surface area contributed by atoms with Crippen LogP contribution in [0.1, 0.15) is 22.2 Å². The molecule has 0 fully saturated rings. The van der Waals surface area contributed by atoms with Crippen LogP contribution in [0.15, 0.2) is 60.8 Å². The van der Waals surface area contributed by atoms with E-state index in [9.17, 15) is 4.79 Å². The number of carbonyl (C=O) groups excluding carboxylic acids is 1. The van der Waals surface area contributed by atoms with Gasteiger partial charge in [-0.15, -0.1) is 0 Å². The Morgan fingerprint density at radius 3 is 2.73 bits per heavy atom. The van der Waals surface area contributed by atoms with Gasteiger partial charge in [0.05, 0.1) is 6.10 Å². The standard InChI is InChI=1S/C19H18ClN3O2S/c1-25-17(13-6-5-7-14(20)10-13)12-21-18(24)16-11-22-19(26)23(16)15-8-3-2-4-9-15/h2-11,17H,12H2,1H3,(H,21,24)(H,22,26)/t17-/m0/s1. The van der Waals surface area contributed by atoms with E-state index in [1.165, 1.54) is 0 Å². The number of amides is 1. The van der Waals surface area contributed by atoms with Crippen molar-refractivity contribution in [3.8, 4) is 5.69 Å². The SMILES string of the molecule is CO[C@@H](CNC(=O)c1c[nH]c(=S)n1-c1ccccc1)c1cccc(Cl)c1. The zero-order valence-corrected chi connectivity index (χ0v) is 15.7. The number of aromatic nitrogens is 2. The molecule has 0 saturated heterocycles. The molecule has 5 nitrogen and oxygen atoms in total. The summed E-state index contributed by atoms with van der Waals surface area (Å²) >= 11 is 11.3. The molecule has 0 aliphatic heterocycles. The van der Waals surface area contributed by atoms with E-state index in [-0.39, 0.29) is 12.0 Å². The molecule has 3 aromatic rings. The number of para-hydroxylation sites is 1. The van der Waals surface area contributed by atoms with Crippen molar-refractivity contribution < 1.29 is 9.53 Å². The van der Waals surface area contributed by atoms with Crippen molar-refractivity contribution in [1.82, 2.24) is 14.9 Å². The van der Waals surface area contributed by atoms with Crippen molar-refractivity contribution in [1.29, 1.82) is 0 Å². The number of ether oxygens (including phenoxy) is 1. The van der Waals surface area contributed by atoms with E-state index < -0.39 is 0 Å². The Kier molecular flexibility index (Phi) is 5.88. The maximum absolute atomic E-state index is 12.7. The van der Waals surface area contributed by atoms with Crippen LogP contribution in [0.5, 0.6) is 0 Å². The molecule has 7 heteroatoms. The first-order chi connectivity index (χ1) is 12.6. The molecule has 0 spiro atoms. The molecule has 1 aromatic heterocycles. The van der Waals surface area contributed by atoms with Gasteiger partial charge in [0.25, 0.3) is 5.91 Å². The van der Waals surface area contributed by atoms with Gasteiger partial charge in [0, 0.05) is 30.6 Å². The second-order valence-electron chi connectivity index (χ2n) is 5.64. The van der Waals surface area contributed by atoms with Crippen LogP contribution in [-0.2, 0) is 4.74 Å². The topological polar surface area (TPSA) is 59.0 Å². The lowest BCUT2D eigenvalue weighted by Crippen LogP contribution is -2.30. The number of rotatable bonds is 6. The second-order valence-corrected chi connectivity index (χ2v) is 6.46. The van der Waals surface area contributed by atoms with Gasteiger partial charge in [-0.3, -0.25) is 9.36 Å². The number of methoxy groups -OCH3 is 1. The van der Waals surface area contributed by atoms with Gasteiger partial charge in [-0.2, -0.15) is 0 Å². The molecule has 1 amide bonds. The minimum absolute atomic E-state index is 0.245. The Morgan fingerprint density at radius 1 is 1.27 bits per heavy atom. The molecule has 0 unspecified atom stereocenters. The number of hydrogen-bond donors (Lipinski definition) is 2.